The van der Waals surface area contributed by atoms with Gasteiger partial charge in [0.1, 0.15) is 11.6 Å². The molecule has 152 valence electrons. The number of halogens is 1. The molecule has 7 heteroatoms. The number of piperazine rings is 1. The van der Waals surface area contributed by atoms with Gasteiger partial charge in [-0.25, -0.2) is 4.39 Å². The number of hydrogen-bond donors (Lipinski definition) is 1. The molecule has 0 saturated carbocycles. The number of nitrogens with zero attached hydrogens (tertiary/aromatic N) is 4. The molecule has 2 heterocycles. The fourth-order valence-electron chi connectivity index (χ4n) is 4.10. The van der Waals surface area contributed by atoms with Gasteiger partial charge >= 0.3 is 0 Å². The number of carbonyl (C=O) groups excluding carboxylic acids is 1. The highest BCUT2D eigenvalue weighted by atomic mass is 19.1. The van der Waals surface area contributed by atoms with E-state index in [0.29, 0.717) is 37.3 Å². The van der Waals surface area contributed by atoms with Crippen molar-refractivity contribution in [3.8, 4) is 5.75 Å². The molecule has 4 rings (SSSR count). The monoisotopic (exact) mass is 396 g/mol. The van der Waals surface area contributed by atoms with Gasteiger partial charge in [-0.05, 0) is 36.2 Å². The van der Waals surface area contributed by atoms with Crippen LogP contribution in [0.25, 0.3) is 10.9 Å². The third kappa shape index (κ3) is 3.52. The summed E-state index contributed by atoms with van der Waals surface area (Å²) in [5.41, 5.74) is 1.74. The largest absolute Gasteiger partial charge is 0.507 e. The molecule has 1 atom stereocenters. The van der Waals surface area contributed by atoms with Crippen LogP contribution in [0.1, 0.15) is 31.4 Å². The Morgan fingerprint density at radius 3 is 2.69 bits per heavy atom. The minimum Gasteiger partial charge on any atom is -0.507 e. The van der Waals surface area contributed by atoms with Gasteiger partial charge in [0.05, 0.1) is 16.9 Å². The van der Waals surface area contributed by atoms with E-state index < -0.39 is 0 Å². The maximum Gasteiger partial charge on any atom is 0.223 e. The highest BCUT2D eigenvalue weighted by Gasteiger charge is 2.33. The summed E-state index contributed by atoms with van der Waals surface area (Å²) in [6.07, 6.45) is 1.28. The van der Waals surface area contributed by atoms with Crippen LogP contribution in [-0.2, 0) is 11.8 Å². The molecule has 0 spiro atoms. The SMILES string of the molecule is CCCC(=O)N1CCN(c2nn(C)c3cccc(O)c23)CC1c1ccc(F)cc1. The van der Waals surface area contributed by atoms with Crippen molar-refractivity contribution >= 4 is 22.6 Å². The van der Waals surface area contributed by atoms with E-state index in [2.05, 4.69) is 10.00 Å². The Morgan fingerprint density at radius 1 is 1.21 bits per heavy atom. The fraction of sp³-hybridized carbons (Fsp3) is 0.364. The third-order valence-corrected chi connectivity index (χ3v) is 5.56. The molecule has 1 fully saturated rings. The van der Waals surface area contributed by atoms with Gasteiger partial charge in [0.15, 0.2) is 5.82 Å². The van der Waals surface area contributed by atoms with Gasteiger partial charge < -0.3 is 14.9 Å². The molecule has 0 aliphatic carbocycles. The zero-order valence-corrected chi connectivity index (χ0v) is 16.7. The first-order chi connectivity index (χ1) is 14.0. The quantitative estimate of drug-likeness (QED) is 0.732. The average Bonchev–Trinajstić information content (AvgIpc) is 3.06. The van der Waals surface area contributed by atoms with E-state index in [4.69, 9.17) is 0 Å². The van der Waals surface area contributed by atoms with Crippen molar-refractivity contribution in [1.82, 2.24) is 14.7 Å². The molecule has 1 amide bonds. The van der Waals surface area contributed by atoms with Crippen molar-refractivity contribution in [2.75, 3.05) is 24.5 Å². The van der Waals surface area contributed by atoms with Crippen LogP contribution in [0.4, 0.5) is 10.2 Å². The Labute approximate surface area is 169 Å². The number of rotatable bonds is 4. The summed E-state index contributed by atoms with van der Waals surface area (Å²) in [7, 11) is 1.85. The molecular formula is C22H25FN4O2. The minimum absolute atomic E-state index is 0.107. The lowest BCUT2D eigenvalue weighted by Gasteiger charge is -2.42. The first kappa shape index (κ1) is 19.2. The highest BCUT2D eigenvalue weighted by Crippen LogP contribution is 2.36. The molecule has 29 heavy (non-hydrogen) atoms. The Balaban J connectivity index is 1.72. The van der Waals surface area contributed by atoms with E-state index in [1.54, 1.807) is 28.9 Å². The van der Waals surface area contributed by atoms with E-state index in [9.17, 15) is 14.3 Å². The summed E-state index contributed by atoms with van der Waals surface area (Å²) < 4.78 is 15.2. The number of aromatic nitrogens is 2. The maximum atomic E-state index is 13.5. The summed E-state index contributed by atoms with van der Waals surface area (Å²) in [6, 6.07) is 11.5. The van der Waals surface area contributed by atoms with E-state index in [1.165, 1.54) is 12.1 Å². The van der Waals surface area contributed by atoms with Crippen LogP contribution in [0.3, 0.4) is 0 Å². The second kappa shape index (κ2) is 7.73. The molecule has 1 unspecified atom stereocenters. The van der Waals surface area contributed by atoms with Crippen LogP contribution in [0.2, 0.25) is 0 Å². The molecule has 1 N–H and O–H groups in total. The number of benzene rings is 2. The lowest BCUT2D eigenvalue weighted by atomic mass is 10.0. The molecular weight excluding hydrogens is 371 g/mol. The third-order valence-electron chi connectivity index (χ3n) is 5.56. The average molecular weight is 396 g/mol. The number of phenolic OH excluding ortho intramolecular Hbond substituents is 1. The highest BCUT2D eigenvalue weighted by molar-refractivity contribution is 5.96. The topological polar surface area (TPSA) is 61.6 Å². The molecule has 2 aromatic carbocycles. The molecule has 1 aromatic heterocycles. The summed E-state index contributed by atoms with van der Waals surface area (Å²) in [5.74, 6) is 0.701. The number of amides is 1. The Morgan fingerprint density at radius 2 is 1.97 bits per heavy atom. The molecule has 0 radical (unpaired) electrons. The molecule has 3 aromatic rings. The van der Waals surface area contributed by atoms with E-state index >= 15 is 0 Å². The first-order valence-electron chi connectivity index (χ1n) is 9.94. The van der Waals surface area contributed by atoms with Gasteiger partial charge in [-0.3, -0.25) is 9.48 Å². The number of aryl methyl sites for hydroxylation is 1. The first-order valence-corrected chi connectivity index (χ1v) is 9.94. The van der Waals surface area contributed by atoms with Crippen molar-refractivity contribution < 1.29 is 14.3 Å². The Bertz CT molecular complexity index is 1030. The zero-order valence-electron chi connectivity index (χ0n) is 16.7. The molecule has 1 saturated heterocycles. The lowest BCUT2D eigenvalue weighted by molar-refractivity contribution is -0.134. The van der Waals surface area contributed by atoms with Crippen molar-refractivity contribution in [3.63, 3.8) is 0 Å². The van der Waals surface area contributed by atoms with E-state index in [0.717, 1.165) is 17.5 Å². The van der Waals surface area contributed by atoms with Crippen LogP contribution in [0.15, 0.2) is 42.5 Å². The van der Waals surface area contributed by atoms with Gasteiger partial charge in [0.2, 0.25) is 5.91 Å². The standard InChI is InChI=1S/C22H25FN4O2/c1-3-5-20(29)27-13-12-26(14-18(27)15-8-10-16(23)11-9-15)22-21-17(25(2)24-22)6-4-7-19(21)28/h4,6-11,18,28H,3,5,12-14H2,1-2H3. The number of hydrogen-bond acceptors (Lipinski definition) is 4. The van der Waals surface area contributed by atoms with Crippen LogP contribution >= 0.6 is 0 Å². The van der Waals surface area contributed by atoms with Crippen LogP contribution < -0.4 is 4.90 Å². The Hall–Kier alpha value is -3.09. The smallest absolute Gasteiger partial charge is 0.223 e. The van der Waals surface area contributed by atoms with Crippen LogP contribution in [-0.4, -0.2) is 45.3 Å². The van der Waals surface area contributed by atoms with E-state index in [1.807, 2.05) is 24.9 Å². The minimum atomic E-state index is -0.298. The lowest BCUT2D eigenvalue weighted by Crippen LogP contribution is -2.51. The van der Waals surface area contributed by atoms with Gasteiger partial charge in [-0.1, -0.05) is 25.1 Å². The fourth-order valence-corrected chi connectivity index (χ4v) is 4.10. The number of fused-ring (bicyclic) bond motifs is 1. The van der Waals surface area contributed by atoms with Crippen LogP contribution in [0, 0.1) is 5.82 Å². The van der Waals surface area contributed by atoms with Gasteiger partial charge in [0.25, 0.3) is 0 Å². The molecule has 6 nitrogen and oxygen atoms in total. The number of anilines is 1. The zero-order chi connectivity index (χ0) is 20.5. The second-order valence-corrected chi connectivity index (χ2v) is 7.47. The predicted octanol–water partition coefficient (Wildman–Crippen LogP) is 3.61. The van der Waals surface area contributed by atoms with Crippen molar-refractivity contribution in [2.24, 2.45) is 7.05 Å². The molecule has 1 aliphatic rings. The van der Waals surface area contributed by atoms with Gasteiger partial charge in [-0.2, -0.15) is 5.10 Å². The predicted molar refractivity (Wildman–Crippen MR) is 110 cm³/mol. The summed E-state index contributed by atoms with van der Waals surface area (Å²) in [5, 5.41) is 15.8. The number of carbonyl (C=O) groups is 1. The van der Waals surface area contributed by atoms with Crippen molar-refractivity contribution in [1.29, 1.82) is 0 Å². The van der Waals surface area contributed by atoms with Crippen LogP contribution in [0.5, 0.6) is 5.75 Å². The molecule has 0 bridgehead atoms. The second-order valence-electron chi connectivity index (χ2n) is 7.47. The number of phenols is 1. The normalized spacial score (nSPS) is 17.1. The molecule has 1 aliphatic heterocycles. The van der Waals surface area contributed by atoms with Gasteiger partial charge in [-0.15, -0.1) is 0 Å². The maximum absolute atomic E-state index is 13.5. The van der Waals surface area contributed by atoms with Crippen molar-refractivity contribution in [2.45, 2.75) is 25.8 Å². The van der Waals surface area contributed by atoms with E-state index in [-0.39, 0.29) is 23.5 Å². The van der Waals surface area contributed by atoms with Gasteiger partial charge in [0, 0.05) is 33.1 Å². The summed E-state index contributed by atoms with van der Waals surface area (Å²) >= 11 is 0. The Kier molecular flexibility index (Phi) is 5.13. The van der Waals surface area contributed by atoms with Crippen molar-refractivity contribution in [3.05, 3.63) is 53.8 Å². The number of aromatic hydroxyl groups is 1. The summed E-state index contributed by atoms with van der Waals surface area (Å²) in [4.78, 5) is 16.7. The summed E-state index contributed by atoms with van der Waals surface area (Å²) in [6.45, 7) is 3.69.